The molecule has 0 aliphatic carbocycles. The summed E-state index contributed by atoms with van der Waals surface area (Å²) in [4.78, 5) is 6.01. The summed E-state index contributed by atoms with van der Waals surface area (Å²) in [5.41, 5.74) is 2.33. The van der Waals surface area contributed by atoms with E-state index in [0.717, 1.165) is 28.1 Å². The van der Waals surface area contributed by atoms with Crippen molar-refractivity contribution >= 4 is 27.3 Å². The van der Waals surface area contributed by atoms with Crippen LogP contribution in [0.15, 0.2) is 28.7 Å². The third-order valence-electron chi connectivity index (χ3n) is 3.02. The Morgan fingerprint density at radius 2 is 2.19 bits per heavy atom. The first-order valence-electron chi connectivity index (χ1n) is 7.02. The van der Waals surface area contributed by atoms with E-state index in [-0.39, 0.29) is 0 Å². The van der Waals surface area contributed by atoms with Crippen LogP contribution in [-0.2, 0) is 24.3 Å². The molecule has 2 aromatic rings. The SMILES string of the molecule is COCc1nc(Cc2cccc(Br)c2)sc1CNC(C)C. The molecule has 114 valence electrons. The van der Waals surface area contributed by atoms with E-state index in [1.807, 2.05) is 6.07 Å². The van der Waals surface area contributed by atoms with Crippen LogP contribution in [0.25, 0.3) is 0 Å². The summed E-state index contributed by atoms with van der Waals surface area (Å²) in [6, 6.07) is 8.85. The van der Waals surface area contributed by atoms with E-state index in [9.17, 15) is 0 Å². The Balaban J connectivity index is 2.14. The first-order valence-corrected chi connectivity index (χ1v) is 8.63. The normalized spacial score (nSPS) is 11.3. The van der Waals surface area contributed by atoms with Gasteiger partial charge in [0.1, 0.15) is 0 Å². The highest BCUT2D eigenvalue weighted by Gasteiger charge is 2.12. The molecule has 5 heteroatoms. The smallest absolute Gasteiger partial charge is 0.0976 e. The van der Waals surface area contributed by atoms with Crippen LogP contribution in [-0.4, -0.2) is 18.1 Å². The zero-order valence-electron chi connectivity index (χ0n) is 12.6. The van der Waals surface area contributed by atoms with Crippen molar-refractivity contribution in [1.82, 2.24) is 10.3 Å². The van der Waals surface area contributed by atoms with Gasteiger partial charge in [-0.3, -0.25) is 0 Å². The average molecular weight is 369 g/mol. The van der Waals surface area contributed by atoms with Crippen LogP contribution < -0.4 is 5.32 Å². The van der Waals surface area contributed by atoms with Gasteiger partial charge < -0.3 is 10.1 Å². The molecule has 0 fully saturated rings. The number of thiazole rings is 1. The van der Waals surface area contributed by atoms with Crippen molar-refractivity contribution in [3.8, 4) is 0 Å². The van der Waals surface area contributed by atoms with E-state index in [0.29, 0.717) is 12.6 Å². The molecule has 0 spiro atoms. The fourth-order valence-electron chi connectivity index (χ4n) is 2.02. The Labute approximate surface area is 138 Å². The van der Waals surface area contributed by atoms with Crippen molar-refractivity contribution in [2.24, 2.45) is 0 Å². The molecule has 0 atom stereocenters. The third kappa shape index (κ3) is 5.18. The van der Waals surface area contributed by atoms with Crippen LogP contribution in [0.3, 0.4) is 0 Å². The molecule has 0 saturated heterocycles. The van der Waals surface area contributed by atoms with Gasteiger partial charge in [-0.25, -0.2) is 4.98 Å². The average Bonchev–Trinajstić information content (AvgIpc) is 2.79. The third-order valence-corrected chi connectivity index (χ3v) is 4.61. The molecule has 0 aliphatic heterocycles. The van der Waals surface area contributed by atoms with Gasteiger partial charge in [-0.15, -0.1) is 11.3 Å². The van der Waals surface area contributed by atoms with Crippen molar-refractivity contribution in [2.45, 2.75) is 39.5 Å². The van der Waals surface area contributed by atoms with Crippen LogP contribution in [0.5, 0.6) is 0 Å². The molecular weight excluding hydrogens is 348 g/mol. The van der Waals surface area contributed by atoms with E-state index in [2.05, 4.69) is 53.3 Å². The number of aromatic nitrogens is 1. The number of hydrogen-bond donors (Lipinski definition) is 1. The minimum atomic E-state index is 0.469. The number of rotatable bonds is 7. The van der Waals surface area contributed by atoms with Gasteiger partial charge in [-0.1, -0.05) is 41.9 Å². The minimum absolute atomic E-state index is 0.469. The lowest BCUT2D eigenvalue weighted by atomic mass is 10.2. The number of nitrogens with one attached hydrogen (secondary N) is 1. The molecule has 3 nitrogen and oxygen atoms in total. The highest BCUT2D eigenvalue weighted by molar-refractivity contribution is 9.10. The second-order valence-electron chi connectivity index (χ2n) is 5.25. The van der Waals surface area contributed by atoms with Crippen LogP contribution >= 0.6 is 27.3 Å². The Kier molecular flexibility index (Phi) is 6.36. The Hall–Kier alpha value is -0.750. The van der Waals surface area contributed by atoms with Crippen LogP contribution in [0.4, 0.5) is 0 Å². The number of hydrogen-bond acceptors (Lipinski definition) is 4. The van der Waals surface area contributed by atoms with Crippen LogP contribution in [0, 0.1) is 0 Å². The molecule has 0 radical (unpaired) electrons. The summed E-state index contributed by atoms with van der Waals surface area (Å²) in [5, 5.41) is 4.59. The van der Waals surface area contributed by atoms with Crippen LogP contribution in [0.2, 0.25) is 0 Å². The minimum Gasteiger partial charge on any atom is -0.378 e. The van der Waals surface area contributed by atoms with Crippen molar-refractivity contribution < 1.29 is 4.74 Å². The van der Waals surface area contributed by atoms with Gasteiger partial charge in [-0.2, -0.15) is 0 Å². The van der Waals surface area contributed by atoms with E-state index in [4.69, 9.17) is 9.72 Å². The summed E-state index contributed by atoms with van der Waals surface area (Å²) in [6.45, 7) is 5.73. The zero-order chi connectivity index (χ0) is 15.2. The molecule has 2 rings (SSSR count). The Bertz CT molecular complexity index is 583. The Morgan fingerprint density at radius 3 is 2.86 bits per heavy atom. The highest BCUT2D eigenvalue weighted by atomic mass is 79.9. The summed E-state index contributed by atoms with van der Waals surface area (Å²) in [6.07, 6.45) is 0.864. The van der Waals surface area contributed by atoms with Crippen molar-refractivity contribution in [3.05, 3.63) is 49.9 Å². The zero-order valence-corrected chi connectivity index (χ0v) is 15.1. The van der Waals surface area contributed by atoms with Crippen molar-refractivity contribution in [3.63, 3.8) is 0 Å². The topological polar surface area (TPSA) is 34.1 Å². The van der Waals surface area contributed by atoms with Gasteiger partial charge in [0, 0.05) is 35.5 Å². The second kappa shape index (κ2) is 8.03. The fraction of sp³-hybridized carbons (Fsp3) is 0.438. The van der Waals surface area contributed by atoms with E-state index >= 15 is 0 Å². The van der Waals surface area contributed by atoms with Gasteiger partial charge in [0.15, 0.2) is 0 Å². The monoisotopic (exact) mass is 368 g/mol. The van der Waals surface area contributed by atoms with Gasteiger partial charge in [0.2, 0.25) is 0 Å². The molecule has 1 aromatic carbocycles. The molecule has 0 amide bonds. The highest BCUT2D eigenvalue weighted by Crippen LogP contribution is 2.23. The standard InChI is InChI=1S/C16H21BrN2OS/c1-11(2)18-9-15-14(10-20-3)19-16(21-15)8-12-5-4-6-13(17)7-12/h4-7,11,18H,8-10H2,1-3H3. The maximum atomic E-state index is 5.27. The summed E-state index contributed by atoms with van der Waals surface area (Å²) < 4.78 is 6.37. The molecule has 0 bridgehead atoms. The van der Waals surface area contributed by atoms with Gasteiger partial charge in [0.25, 0.3) is 0 Å². The number of nitrogens with zero attached hydrogens (tertiary/aromatic N) is 1. The van der Waals surface area contributed by atoms with Gasteiger partial charge in [0.05, 0.1) is 17.3 Å². The van der Waals surface area contributed by atoms with E-state index in [1.165, 1.54) is 10.4 Å². The first-order chi connectivity index (χ1) is 10.1. The molecular formula is C16H21BrN2OS. The number of benzene rings is 1. The maximum Gasteiger partial charge on any atom is 0.0976 e. The largest absolute Gasteiger partial charge is 0.378 e. The molecule has 0 unspecified atom stereocenters. The predicted octanol–water partition coefficient (Wildman–Crippen LogP) is 4.14. The van der Waals surface area contributed by atoms with E-state index in [1.54, 1.807) is 18.4 Å². The molecule has 1 aromatic heterocycles. The quantitative estimate of drug-likeness (QED) is 0.797. The van der Waals surface area contributed by atoms with Gasteiger partial charge in [-0.05, 0) is 17.7 Å². The molecule has 1 N–H and O–H groups in total. The summed E-state index contributed by atoms with van der Waals surface area (Å²) in [5.74, 6) is 0. The van der Waals surface area contributed by atoms with Gasteiger partial charge >= 0.3 is 0 Å². The fourth-order valence-corrected chi connectivity index (χ4v) is 3.52. The maximum absolute atomic E-state index is 5.27. The number of methoxy groups -OCH3 is 1. The molecule has 0 aliphatic rings. The van der Waals surface area contributed by atoms with E-state index < -0.39 is 0 Å². The first kappa shape index (κ1) is 16.6. The van der Waals surface area contributed by atoms with Crippen molar-refractivity contribution in [2.75, 3.05) is 7.11 Å². The lowest BCUT2D eigenvalue weighted by molar-refractivity contribution is 0.181. The predicted molar refractivity (Wildman–Crippen MR) is 91.8 cm³/mol. The lowest BCUT2D eigenvalue weighted by Gasteiger charge is -2.07. The number of halogens is 1. The Morgan fingerprint density at radius 1 is 1.38 bits per heavy atom. The summed E-state index contributed by atoms with van der Waals surface area (Å²) >= 11 is 5.29. The molecule has 21 heavy (non-hydrogen) atoms. The van der Waals surface area contributed by atoms with Crippen LogP contribution in [0.1, 0.15) is 35.0 Å². The number of ether oxygens (including phenoxy) is 1. The second-order valence-corrected chi connectivity index (χ2v) is 7.34. The molecule has 0 saturated carbocycles. The molecule has 1 heterocycles. The lowest BCUT2D eigenvalue weighted by Crippen LogP contribution is -2.21. The summed E-state index contributed by atoms with van der Waals surface area (Å²) in [7, 11) is 1.72. The van der Waals surface area contributed by atoms with Crippen molar-refractivity contribution in [1.29, 1.82) is 0 Å².